The van der Waals surface area contributed by atoms with Gasteiger partial charge in [-0.25, -0.2) is 0 Å². The number of amides is 1. The molecule has 0 atom stereocenters. The van der Waals surface area contributed by atoms with Crippen molar-refractivity contribution in [3.63, 3.8) is 0 Å². The maximum Gasteiger partial charge on any atom is 0.418 e. The summed E-state index contributed by atoms with van der Waals surface area (Å²) in [7, 11) is -4.44. The molecule has 0 spiro atoms. The molecule has 0 fully saturated rings. The quantitative estimate of drug-likeness (QED) is 0.584. The highest BCUT2D eigenvalue weighted by atomic mass is 32.2. The van der Waals surface area contributed by atoms with Crippen LogP contribution >= 0.6 is 11.3 Å². The molecule has 12 heteroatoms. The molecule has 0 aliphatic rings. The summed E-state index contributed by atoms with van der Waals surface area (Å²) in [5.41, 5.74) is -0.589. The molecule has 0 radical (unpaired) electrons. The highest BCUT2D eigenvalue weighted by molar-refractivity contribution is 7.94. The van der Waals surface area contributed by atoms with E-state index in [1.54, 1.807) is 31.2 Å². The lowest BCUT2D eigenvalue weighted by molar-refractivity contribution is -0.136. The number of rotatable bonds is 5. The Kier molecular flexibility index (Phi) is 5.57. The number of hydrogen-bond acceptors (Lipinski definition) is 6. The Bertz CT molecular complexity index is 1160. The lowest BCUT2D eigenvalue weighted by atomic mass is 10.1. The number of nitrogens with one attached hydrogen (secondary N) is 2. The van der Waals surface area contributed by atoms with Gasteiger partial charge in [0.2, 0.25) is 5.13 Å². The van der Waals surface area contributed by atoms with Crippen molar-refractivity contribution < 1.29 is 26.4 Å². The molecule has 7 nitrogen and oxygen atoms in total. The van der Waals surface area contributed by atoms with E-state index in [2.05, 4.69) is 15.5 Å². The zero-order valence-corrected chi connectivity index (χ0v) is 16.3. The predicted molar refractivity (Wildman–Crippen MR) is 101 cm³/mol. The fourth-order valence-electron chi connectivity index (χ4n) is 2.33. The summed E-state index contributed by atoms with van der Waals surface area (Å²) < 4.78 is 65.3. The Morgan fingerprint density at radius 1 is 1.07 bits per heavy atom. The average molecular weight is 442 g/mol. The molecule has 29 heavy (non-hydrogen) atoms. The maximum absolute atomic E-state index is 13.1. The minimum Gasteiger partial charge on any atom is -0.296 e. The predicted octanol–water partition coefficient (Wildman–Crippen LogP) is 3.92. The first kappa shape index (κ1) is 20.7. The third-order valence-corrected chi connectivity index (χ3v) is 6.19. The van der Waals surface area contributed by atoms with Crippen LogP contribution in [0.2, 0.25) is 0 Å². The van der Waals surface area contributed by atoms with Crippen LogP contribution in [0.1, 0.15) is 21.5 Å². The first-order valence-electron chi connectivity index (χ1n) is 7.97. The van der Waals surface area contributed by atoms with Gasteiger partial charge in [0, 0.05) is 5.56 Å². The average Bonchev–Trinajstić information content (AvgIpc) is 3.10. The van der Waals surface area contributed by atoms with Crippen molar-refractivity contribution in [3.8, 4) is 0 Å². The number of alkyl halides is 3. The van der Waals surface area contributed by atoms with E-state index < -0.39 is 37.7 Å². The minimum atomic E-state index is -4.74. The zero-order valence-electron chi connectivity index (χ0n) is 14.7. The van der Waals surface area contributed by atoms with Crippen LogP contribution in [0, 0.1) is 6.92 Å². The summed E-state index contributed by atoms with van der Waals surface area (Å²) in [4.78, 5) is 12.2. The molecular weight excluding hydrogens is 429 g/mol. The van der Waals surface area contributed by atoms with Crippen LogP contribution in [0.3, 0.4) is 0 Å². The second kappa shape index (κ2) is 7.79. The van der Waals surface area contributed by atoms with Gasteiger partial charge < -0.3 is 0 Å². The van der Waals surface area contributed by atoms with E-state index in [9.17, 15) is 26.4 Å². The van der Waals surface area contributed by atoms with Crippen LogP contribution in [-0.2, 0) is 16.2 Å². The standard InChI is InChI=1S/C17H13F3N4O3S2/c1-10-5-4-6-11(9-10)14(25)21-15-22-23-16(28-15)29(26,27)24-13-8-3-2-7-12(13)17(18,19)20/h2-9,24H,1H3,(H,21,22,25). The van der Waals surface area contributed by atoms with Crippen molar-refractivity contribution in [2.45, 2.75) is 17.4 Å². The molecule has 2 N–H and O–H groups in total. The Morgan fingerprint density at radius 2 is 1.79 bits per heavy atom. The van der Waals surface area contributed by atoms with Gasteiger partial charge in [-0.05, 0) is 31.2 Å². The molecule has 0 aliphatic carbocycles. The van der Waals surface area contributed by atoms with Gasteiger partial charge in [0.15, 0.2) is 0 Å². The number of carbonyl (C=O) groups is 1. The SMILES string of the molecule is Cc1cccc(C(=O)Nc2nnc(S(=O)(=O)Nc3ccccc3C(F)(F)F)s2)c1. The fraction of sp³-hybridized carbons (Fsp3) is 0.118. The zero-order chi connectivity index (χ0) is 21.2. The summed E-state index contributed by atoms with van der Waals surface area (Å²) in [6, 6.07) is 10.8. The Morgan fingerprint density at radius 3 is 2.48 bits per heavy atom. The monoisotopic (exact) mass is 442 g/mol. The molecule has 0 saturated heterocycles. The van der Waals surface area contributed by atoms with Crippen LogP contribution in [0.5, 0.6) is 0 Å². The first-order valence-corrected chi connectivity index (χ1v) is 10.3. The molecule has 0 aliphatic heterocycles. The largest absolute Gasteiger partial charge is 0.418 e. The molecule has 1 amide bonds. The van der Waals surface area contributed by atoms with Gasteiger partial charge in [-0.15, -0.1) is 10.2 Å². The molecule has 2 aromatic carbocycles. The van der Waals surface area contributed by atoms with Gasteiger partial charge in [-0.2, -0.15) is 21.6 Å². The van der Waals surface area contributed by atoms with Crippen molar-refractivity contribution in [3.05, 3.63) is 65.2 Å². The smallest absolute Gasteiger partial charge is 0.296 e. The Balaban J connectivity index is 1.80. The van der Waals surface area contributed by atoms with E-state index in [1.165, 1.54) is 6.07 Å². The number of benzene rings is 2. The van der Waals surface area contributed by atoms with Crippen molar-refractivity contribution in [1.29, 1.82) is 0 Å². The topological polar surface area (TPSA) is 101 Å². The third kappa shape index (κ3) is 4.90. The lowest BCUT2D eigenvalue weighted by Crippen LogP contribution is -2.17. The van der Waals surface area contributed by atoms with Crippen LogP contribution in [0.4, 0.5) is 24.0 Å². The number of nitrogens with zero attached hydrogens (tertiary/aromatic N) is 2. The van der Waals surface area contributed by atoms with Gasteiger partial charge in [0.05, 0.1) is 11.3 Å². The number of halogens is 3. The molecule has 1 aromatic heterocycles. The van der Waals surface area contributed by atoms with Crippen LogP contribution in [0.25, 0.3) is 0 Å². The highest BCUT2D eigenvalue weighted by Crippen LogP contribution is 2.35. The molecule has 0 unspecified atom stereocenters. The van der Waals surface area contributed by atoms with E-state index in [4.69, 9.17) is 0 Å². The van der Waals surface area contributed by atoms with Crippen LogP contribution < -0.4 is 10.0 Å². The second-order valence-electron chi connectivity index (χ2n) is 5.85. The number of para-hydroxylation sites is 1. The highest BCUT2D eigenvalue weighted by Gasteiger charge is 2.34. The van der Waals surface area contributed by atoms with Crippen molar-refractivity contribution >= 4 is 38.1 Å². The van der Waals surface area contributed by atoms with Crippen molar-refractivity contribution in [1.82, 2.24) is 10.2 Å². The molecule has 0 saturated carbocycles. The second-order valence-corrected chi connectivity index (χ2v) is 8.68. The summed E-state index contributed by atoms with van der Waals surface area (Å²) in [5.74, 6) is -0.524. The molecule has 3 rings (SSSR count). The number of aromatic nitrogens is 2. The number of anilines is 2. The molecule has 3 aromatic rings. The minimum absolute atomic E-state index is 0.110. The number of sulfonamides is 1. The van der Waals surface area contributed by atoms with E-state index >= 15 is 0 Å². The van der Waals surface area contributed by atoms with E-state index in [0.29, 0.717) is 16.9 Å². The number of carbonyl (C=O) groups excluding carboxylic acids is 1. The third-order valence-electron chi connectivity index (χ3n) is 3.61. The van der Waals surface area contributed by atoms with Gasteiger partial charge >= 0.3 is 6.18 Å². The summed E-state index contributed by atoms with van der Waals surface area (Å²) in [6.45, 7) is 1.80. The molecule has 152 valence electrons. The summed E-state index contributed by atoms with van der Waals surface area (Å²) >= 11 is 0.514. The molecule has 0 bridgehead atoms. The Hall–Kier alpha value is -2.99. The number of aryl methyl sites for hydroxylation is 1. The van der Waals surface area contributed by atoms with E-state index in [0.717, 1.165) is 23.8 Å². The lowest BCUT2D eigenvalue weighted by Gasteiger charge is -2.13. The van der Waals surface area contributed by atoms with E-state index in [-0.39, 0.29) is 5.13 Å². The molecular formula is C17H13F3N4O3S2. The number of hydrogen-bond donors (Lipinski definition) is 2. The normalized spacial score (nSPS) is 11.9. The maximum atomic E-state index is 13.1. The first-order chi connectivity index (χ1) is 13.6. The van der Waals surface area contributed by atoms with Crippen LogP contribution in [-0.4, -0.2) is 24.5 Å². The summed E-state index contributed by atoms with van der Waals surface area (Å²) in [5, 5.41) is 9.34. The molecule has 1 heterocycles. The van der Waals surface area contributed by atoms with Crippen molar-refractivity contribution in [2.24, 2.45) is 0 Å². The van der Waals surface area contributed by atoms with Gasteiger partial charge in [-0.1, -0.05) is 41.2 Å². The fourth-order valence-corrected chi connectivity index (χ4v) is 4.31. The van der Waals surface area contributed by atoms with E-state index in [1.807, 2.05) is 4.72 Å². The van der Waals surface area contributed by atoms with Crippen LogP contribution in [0.15, 0.2) is 52.9 Å². The van der Waals surface area contributed by atoms with Gasteiger partial charge in [0.25, 0.3) is 20.3 Å². The van der Waals surface area contributed by atoms with Gasteiger partial charge in [-0.3, -0.25) is 14.8 Å². The Labute approximate surface area is 167 Å². The van der Waals surface area contributed by atoms with Gasteiger partial charge in [0.1, 0.15) is 0 Å². The summed E-state index contributed by atoms with van der Waals surface area (Å²) in [6.07, 6.45) is -4.74. The van der Waals surface area contributed by atoms with Crippen molar-refractivity contribution in [2.75, 3.05) is 10.0 Å².